The van der Waals surface area contributed by atoms with E-state index < -0.39 is 20.8 Å². The summed E-state index contributed by atoms with van der Waals surface area (Å²) < 4.78 is 26.1. The molecule has 0 fully saturated rings. The minimum absolute atomic E-state index is 0.0204. The molecule has 2 aromatic heterocycles. The molecule has 2 aromatic rings. The van der Waals surface area contributed by atoms with E-state index in [0.717, 1.165) is 18.3 Å². The predicted octanol–water partition coefficient (Wildman–Crippen LogP) is 1.23. The van der Waals surface area contributed by atoms with Gasteiger partial charge in [-0.05, 0) is 16.0 Å². The van der Waals surface area contributed by atoms with Crippen molar-refractivity contribution in [1.82, 2.24) is 15.0 Å². The normalized spacial score (nSPS) is 11.1. The maximum absolute atomic E-state index is 12.0. The van der Waals surface area contributed by atoms with Gasteiger partial charge in [-0.3, -0.25) is 9.71 Å². The van der Waals surface area contributed by atoms with Gasteiger partial charge in [-0.15, -0.1) is 0 Å². The van der Waals surface area contributed by atoms with E-state index >= 15 is 0 Å². The number of nitrogens with zero attached hydrogens (tertiary/aromatic N) is 4. The zero-order valence-electron chi connectivity index (χ0n) is 9.59. The lowest BCUT2D eigenvalue weighted by atomic mass is 10.5. The third-order valence-corrected chi connectivity index (χ3v) is 3.58. The van der Waals surface area contributed by atoms with Gasteiger partial charge in [0.1, 0.15) is 10.0 Å². The van der Waals surface area contributed by atoms with Crippen molar-refractivity contribution in [2.75, 3.05) is 4.72 Å². The van der Waals surface area contributed by atoms with Gasteiger partial charge in [-0.25, -0.2) is 13.4 Å². The highest BCUT2D eigenvalue weighted by molar-refractivity contribution is 7.92. The number of aromatic nitrogens is 3. The fourth-order valence-corrected chi connectivity index (χ4v) is 2.30. The Hall–Kier alpha value is -2.33. The van der Waals surface area contributed by atoms with Crippen molar-refractivity contribution in [3.63, 3.8) is 0 Å². The summed E-state index contributed by atoms with van der Waals surface area (Å²) in [5.41, 5.74) is 0. The van der Waals surface area contributed by atoms with E-state index in [1.165, 1.54) is 12.4 Å². The molecule has 0 saturated heterocycles. The van der Waals surface area contributed by atoms with E-state index in [1.54, 1.807) is 0 Å². The van der Waals surface area contributed by atoms with Crippen LogP contribution in [0.1, 0.15) is 0 Å². The Labute approximate surface area is 117 Å². The molecule has 0 radical (unpaired) electrons. The van der Waals surface area contributed by atoms with Gasteiger partial charge in [0.2, 0.25) is 0 Å². The third kappa shape index (κ3) is 3.16. The van der Waals surface area contributed by atoms with Gasteiger partial charge in [-0.1, -0.05) is 11.6 Å². The second-order valence-electron chi connectivity index (χ2n) is 3.44. The molecule has 0 saturated carbocycles. The number of hydrogen-bond acceptors (Lipinski definition) is 7. The Kier molecular flexibility index (Phi) is 3.77. The number of nitro groups is 1. The first-order valence-electron chi connectivity index (χ1n) is 4.99. The Morgan fingerprint density at radius 1 is 1.25 bits per heavy atom. The van der Waals surface area contributed by atoms with Crippen molar-refractivity contribution in [3.05, 3.63) is 46.0 Å². The Bertz CT molecular complexity index is 749. The molecule has 20 heavy (non-hydrogen) atoms. The molecule has 0 aliphatic heterocycles. The minimum Gasteiger partial charge on any atom is -0.358 e. The van der Waals surface area contributed by atoms with Crippen LogP contribution in [0.15, 0.2) is 35.6 Å². The SMILES string of the molecule is O=[N+]([O-])c1ccc(S(=O)(=O)Nc2cncc(Cl)n2)cn1. The standard InChI is InChI=1S/C9H6ClN5O4S/c10-7-4-11-5-8(13-7)14-20(18,19)6-1-2-9(12-3-6)15(16)17/h1-5H,(H,13,14). The largest absolute Gasteiger partial charge is 0.363 e. The summed E-state index contributed by atoms with van der Waals surface area (Å²) in [4.78, 5) is 20.3. The molecule has 2 rings (SSSR count). The average molecular weight is 316 g/mol. The molecule has 2 heterocycles. The number of nitrogens with one attached hydrogen (secondary N) is 1. The van der Waals surface area contributed by atoms with Crippen molar-refractivity contribution >= 4 is 33.3 Å². The quantitative estimate of drug-likeness (QED) is 0.663. The zero-order chi connectivity index (χ0) is 14.8. The molecule has 9 nitrogen and oxygen atoms in total. The van der Waals surface area contributed by atoms with Crippen molar-refractivity contribution in [1.29, 1.82) is 0 Å². The summed E-state index contributed by atoms with van der Waals surface area (Å²) in [7, 11) is -3.97. The highest BCUT2D eigenvalue weighted by atomic mass is 35.5. The molecule has 1 N–H and O–H groups in total. The van der Waals surface area contributed by atoms with E-state index in [1.807, 2.05) is 0 Å². The lowest BCUT2D eigenvalue weighted by Gasteiger charge is -2.05. The van der Waals surface area contributed by atoms with Crippen LogP contribution in [0.3, 0.4) is 0 Å². The molecule has 0 aromatic carbocycles. The number of sulfonamides is 1. The topological polar surface area (TPSA) is 128 Å². The van der Waals surface area contributed by atoms with Crippen LogP contribution in [-0.2, 0) is 10.0 Å². The highest BCUT2D eigenvalue weighted by Crippen LogP contribution is 2.16. The monoisotopic (exact) mass is 315 g/mol. The molecular weight excluding hydrogens is 310 g/mol. The van der Waals surface area contributed by atoms with Gasteiger partial charge < -0.3 is 10.1 Å². The Morgan fingerprint density at radius 3 is 2.55 bits per heavy atom. The van der Waals surface area contributed by atoms with Crippen LogP contribution in [0, 0.1) is 10.1 Å². The number of pyridine rings is 1. The number of hydrogen-bond donors (Lipinski definition) is 1. The van der Waals surface area contributed by atoms with Crippen LogP contribution in [0.5, 0.6) is 0 Å². The zero-order valence-corrected chi connectivity index (χ0v) is 11.2. The first-order chi connectivity index (χ1) is 9.38. The fourth-order valence-electron chi connectivity index (χ4n) is 1.23. The van der Waals surface area contributed by atoms with E-state index in [9.17, 15) is 18.5 Å². The first kappa shape index (κ1) is 14.1. The summed E-state index contributed by atoms with van der Waals surface area (Å²) in [6, 6.07) is 2.05. The lowest BCUT2D eigenvalue weighted by Crippen LogP contribution is -2.14. The summed E-state index contributed by atoms with van der Waals surface area (Å²) >= 11 is 5.58. The van der Waals surface area contributed by atoms with Gasteiger partial charge in [0, 0.05) is 6.07 Å². The van der Waals surface area contributed by atoms with Gasteiger partial charge >= 0.3 is 5.82 Å². The molecule has 0 aliphatic carbocycles. The van der Waals surface area contributed by atoms with E-state index in [0.29, 0.717) is 0 Å². The van der Waals surface area contributed by atoms with Gasteiger partial charge in [0.25, 0.3) is 10.0 Å². The molecular formula is C9H6ClN5O4S. The molecule has 0 unspecified atom stereocenters. The van der Waals surface area contributed by atoms with Crippen molar-refractivity contribution in [2.45, 2.75) is 4.90 Å². The number of anilines is 1. The van der Waals surface area contributed by atoms with Gasteiger partial charge in [0.05, 0.1) is 12.4 Å². The summed E-state index contributed by atoms with van der Waals surface area (Å²) in [6.07, 6.45) is 3.29. The summed E-state index contributed by atoms with van der Waals surface area (Å²) in [5, 5.41) is 10.5. The first-order valence-corrected chi connectivity index (χ1v) is 6.85. The summed E-state index contributed by atoms with van der Waals surface area (Å²) in [6.45, 7) is 0. The number of halogens is 1. The van der Waals surface area contributed by atoms with Crippen LogP contribution in [0.2, 0.25) is 5.15 Å². The van der Waals surface area contributed by atoms with Crippen LogP contribution < -0.4 is 4.72 Å². The summed E-state index contributed by atoms with van der Waals surface area (Å²) in [5.74, 6) is -0.526. The van der Waals surface area contributed by atoms with Crippen molar-refractivity contribution in [3.8, 4) is 0 Å². The maximum Gasteiger partial charge on any atom is 0.363 e. The third-order valence-electron chi connectivity index (χ3n) is 2.06. The molecule has 0 atom stereocenters. The lowest BCUT2D eigenvalue weighted by molar-refractivity contribution is -0.389. The molecule has 104 valence electrons. The van der Waals surface area contributed by atoms with E-state index in [4.69, 9.17) is 11.6 Å². The molecule has 0 amide bonds. The predicted molar refractivity (Wildman–Crippen MR) is 68.7 cm³/mol. The molecule has 0 spiro atoms. The minimum atomic E-state index is -3.97. The van der Waals surface area contributed by atoms with E-state index in [2.05, 4.69) is 19.7 Å². The molecule has 0 aliphatic rings. The van der Waals surface area contributed by atoms with Crippen LogP contribution in [0.4, 0.5) is 11.6 Å². The molecule has 0 bridgehead atoms. The second kappa shape index (κ2) is 5.35. The van der Waals surface area contributed by atoms with Crippen molar-refractivity contribution < 1.29 is 13.3 Å². The van der Waals surface area contributed by atoms with Crippen molar-refractivity contribution in [2.24, 2.45) is 0 Å². The maximum atomic E-state index is 12.0. The second-order valence-corrected chi connectivity index (χ2v) is 5.51. The number of rotatable bonds is 4. The Morgan fingerprint density at radius 2 is 2.00 bits per heavy atom. The average Bonchev–Trinajstić information content (AvgIpc) is 2.38. The Balaban J connectivity index is 2.28. The van der Waals surface area contributed by atoms with Crippen LogP contribution in [-0.4, -0.2) is 28.3 Å². The van der Waals surface area contributed by atoms with E-state index in [-0.39, 0.29) is 15.9 Å². The van der Waals surface area contributed by atoms with Crippen LogP contribution in [0.25, 0.3) is 0 Å². The van der Waals surface area contributed by atoms with Crippen LogP contribution >= 0.6 is 11.6 Å². The van der Waals surface area contributed by atoms with Gasteiger partial charge in [0.15, 0.2) is 12.0 Å². The smallest absolute Gasteiger partial charge is 0.358 e. The van der Waals surface area contributed by atoms with Gasteiger partial charge in [-0.2, -0.15) is 0 Å². The fraction of sp³-hybridized carbons (Fsp3) is 0. The molecule has 11 heteroatoms. The highest BCUT2D eigenvalue weighted by Gasteiger charge is 2.19.